The van der Waals surface area contributed by atoms with Gasteiger partial charge >= 0.3 is 0 Å². The molecule has 7 nitrogen and oxygen atoms in total. The van der Waals surface area contributed by atoms with Gasteiger partial charge < -0.3 is 20.3 Å². The molecule has 0 bridgehead atoms. The van der Waals surface area contributed by atoms with Gasteiger partial charge in [0.2, 0.25) is 11.8 Å². The Morgan fingerprint density at radius 2 is 2.00 bits per heavy atom. The number of anilines is 1. The quantitative estimate of drug-likeness (QED) is 0.685. The highest BCUT2D eigenvalue weighted by Gasteiger charge is 2.29. The van der Waals surface area contributed by atoms with Crippen molar-refractivity contribution in [2.24, 2.45) is 11.3 Å². The number of likely N-dealkylation sites (tertiary alicyclic amines) is 1. The van der Waals surface area contributed by atoms with E-state index in [-0.39, 0.29) is 23.6 Å². The van der Waals surface area contributed by atoms with Crippen LogP contribution in [0.25, 0.3) is 0 Å². The van der Waals surface area contributed by atoms with E-state index in [2.05, 4.69) is 10.6 Å². The Morgan fingerprint density at radius 1 is 1.24 bits per heavy atom. The van der Waals surface area contributed by atoms with Crippen molar-refractivity contribution in [3.05, 3.63) is 29.8 Å². The lowest BCUT2D eigenvalue weighted by Gasteiger charge is -2.32. The Bertz CT molecular complexity index is 727. The molecule has 1 aromatic carbocycles. The van der Waals surface area contributed by atoms with E-state index in [1.54, 1.807) is 36.3 Å². The number of piperidine rings is 1. The Hall–Kier alpha value is -2.41. The molecule has 1 aromatic rings. The van der Waals surface area contributed by atoms with E-state index in [0.29, 0.717) is 37.5 Å². The molecule has 1 aliphatic heterocycles. The number of hydrogen-bond acceptors (Lipinski definition) is 4. The predicted octanol–water partition coefficient (Wildman–Crippen LogP) is 2.68. The second kappa shape index (κ2) is 10.4. The zero-order valence-corrected chi connectivity index (χ0v) is 17.9. The first-order valence-corrected chi connectivity index (χ1v) is 10.2. The number of benzene rings is 1. The largest absolute Gasteiger partial charge is 0.385 e. The van der Waals surface area contributed by atoms with E-state index >= 15 is 0 Å². The normalized spacial score (nSPS) is 17.0. The van der Waals surface area contributed by atoms with Crippen LogP contribution in [0.4, 0.5) is 5.69 Å². The third-order valence-corrected chi connectivity index (χ3v) is 4.95. The minimum Gasteiger partial charge on any atom is -0.385 e. The topological polar surface area (TPSA) is 87.7 Å². The molecule has 0 unspecified atom stereocenters. The lowest BCUT2D eigenvalue weighted by molar-refractivity contribution is -0.126. The van der Waals surface area contributed by atoms with E-state index in [1.807, 2.05) is 20.8 Å². The third kappa shape index (κ3) is 6.85. The smallest absolute Gasteiger partial charge is 0.253 e. The van der Waals surface area contributed by atoms with Gasteiger partial charge in [-0.2, -0.15) is 0 Å². The van der Waals surface area contributed by atoms with Crippen molar-refractivity contribution < 1.29 is 19.1 Å². The van der Waals surface area contributed by atoms with Crippen LogP contribution in [0.3, 0.4) is 0 Å². The van der Waals surface area contributed by atoms with Gasteiger partial charge in [0.05, 0.1) is 5.92 Å². The van der Waals surface area contributed by atoms with Gasteiger partial charge in [0.15, 0.2) is 0 Å². The van der Waals surface area contributed by atoms with Crippen LogP contribution in [0.5, 0.6) is 0 Å². The molecule has 0 radical (unpaired) electrons. The second-order valence-corrected chi connectivity index (χ2v) is 8.51. The highest BCUT2D eigenvalue weighted by molar-refractivity contribution is 5.98. The molecule has 2 rings (SSSR count). The van der Waals surface area contributed by atoms with Crippen molar-refractivity contribution in [1.82, 2.24) is 10.2 Å². The zero-order chi connectivity index (χ0) is 21.4. The molecular formula is C22H33N3O4. The van der Waals surface area contributed by atoms with E-state index in [0.717, 1.165) is 19.3 Å². The van der Waals surface area contributed by atoms with Crippen molar-refractivity contribution >= 4 is 23.4 Å². The summed E-state index contributed by atoms with van der Waals surface area (Å²) in [5, 5.41) is 5.78. The van der Waals surface area contributed by atoms with Crippen molar-refractivity contribution in [2.45, 2.75) is 40.0 Å². The highest BCUT2D eigenvalue weighted by Crippen LogP contribution is 2.22. The second-order valence-electron chi connectivity index (χ2n) is 8.51. The average molecular weight is 404 g/mol. The summed E-state index contributed by atoms with van der Waals surface area (Å²) in [5.41, 5.74) is 0.592. The van der Waals surface area contributed by atoms with Crippen molar-refractivity contribution in [3.8, 4) is 0 Å². The molecule has 0 aliphatic carbocycles. The van der Waals surface area contributed by atoms with Crippen molar-refractivity contribution in [2.75, 3.05) is 38.7 Å². The zero-order valence-electron chi connectivity index (χ0n) is 17.9. The van der Waals surface area contributed by atoms with Crippen LogP contribution in [-0.2, 0) is 14.3 Å². The first-order chi connectivity index (χ1) is 13.7. The minimum absolute atomic E-state index is 0.00945. The number of hydrogen-bond donors (Lipinski definition) is 2. The molecule has 2 N–H and O–H groups in total. The van der Waals surface area contributed by atoms with Crippen LogP contribution in [0.1, 0.15) is 50.4 Å². The van der Waals surface area contributed by atoms with Gasteiger partial charge in [-0.05, 0) is 37.5 Å². The highest BCUT2D eigenvalue weighted by atomic mass is 16.5. The molecule has 160 valence electrons. The predicted molar refractivity (Wildman–Crippen MR) is 113 cm³/mol. The summed E-state index contributed by atoms with van der Waals surface area (Å²) < 4.78 is 4.99. The fourth-order valence-corrected chi connectivity index (χ4v) is 3.18. The van der Waals surface area contributed by atoms with E-state index in [4.69, 9.17) is 4.74 Å². The molecule has 29 heavy (non-hydrogen) atoms. The number of nitrogens with one attached hydrogen (secondary N) is 2. The number of methoxy groups -OCH3 is 1. The maximum atomic E-state index is 13.0. The van der Waals surface area contributed by atoms with Gasteiger partial charge in [-0.1, -0.05) is 26.8 Å². The van der Waals surface area contributed by atoms with E-state index < -0.39 is 5.41 Å². The summed E-state index contributed by atoms with van der Waals surface area (Å²) in [6, 6.07) is 6.96. The molecule has 1 atom stereocenters. The van der Waals surface area contributed by atoms with Crippen LogP contribution in [0.2, 0.25) is 0 Å². The standard InChI is InChI=1S/C22H33N3O4/c1-22(2,3)21(28)24-18-10-5-8-16(14-18)20(27)25-12-6-9-17(15-25)19(26)23-11-7-13-29-4/h5,8,10,14,17H,6-7,9,11-13,15H2,1-4H3,(H,23,26)(H,24,28)/t17-/m1/s1. The SMILES string of the molecule is COCCCNC(=O)[C@@H]1CCCN(C(=O)c2cccc(NC(=O)C(C)(C)C)c2)C1. The fraction of sp³-hybridized carbons (Fsp3) is 0.591. The lowest BCUT2D eigenvalue weighted by Crippen LogP contribution is -2.45. The minimum atomic E-state index is -0.517. The molecule has 1 fully saturated rings. The van der Waals surface area contributed by atoms with E-state index in [9.17, 15) is 14.4 Å². The van der Waals surface area contributed by atoms with Crippen molar-refractivity contribution in [1.29, 1.82) is 0 Å². The number of rotatable bonds is 7. The molecule has 7 heteroatoms. The van der Waals surface area contributed by atoms with Crippen LogP contribution in [0.15, 0.2) is 24.3 Å². The van der Waals surface area contributed by atoms with Crippen LogP contribution in [-0.4, -0.2) is 56.0 Å². The first kappa shape index (κ1) is 22.9. The Balaban J connectivity index is 1.98. The summed E-state index contributed by atoms with van der Waals surface area (Å²) in [5.74, 6) is -0.428. The fourth-order valence-electron chi connectivity index (χ4n) is 3.18. The number of ether oxygens (including phenoxy) is 1. The molecule has 1 saturated heterocycles. The maximum Gasteiger partial charge on any atom is 0.253 e. The molecule has 0 spiro atoms. The van der Waals surface area contributed by atoms with E-state index in [1.165, 1.54) is 0 Å². The molecule has 0 saturated carbocycles. The monoisotopic (exact) mass is 403 g/mol. The Labute approximate surface area is 173 Å². The molecule has 3 amide bonds. The van der Waals surface area contributed by atoms with Crippen LogP contribution in [0, 0.1) is 11.3 Å². The average Bonchev–Trinajstić information content (AvgIpc) is 2.70. The summed E-state index contributed by atoms with van der Waals surface area (Å²) >= 11 is 0. The van der Waals surface area contributed by atoms with Crippen LogP contribution < -0.4 is 10.6 Å². The molecule has 0 aromatic heterocycles. The number of carbonyl (C=O) groups is 3. The van der Waals surface area contributed by atoms with Crippen molar-refractivity contribution in [3.63, 3.8) is 0 Å². The summed E-state index contributed by atoms with van der Waals surface area (Å²) in [7, 11) is 1.63. The van der Waals surface area contributed by atoms with Gasteiger partial charge in [-0.3, -0.25) is 14.4 Å². The Morgan fingerprint density at radius 3 is 2.69 bits per heavy atom. The molecular weight excluding hydrogens is 370 g/mol. The van der Waals surface area contributed by atoms with Crippen LogP contribution >= 0.6 is 0 Å². The number of nitrogens with zero attached hydrogens (tertiary/aromatic N) is 1. The summed E-state index contributed by atoms with van der Waals surface area (Å²) in [6.45, 7) is 7.74. The Kier molecular flexibility index (Phi) is 8.20. The molecule has 1 heterocycles. The number of carbonyl (C=O) groups excluding carboxylic acids is 3. The summed E-state index contributed by atoms with van der Waals surface area (Å²) in [4.78, 5) is 39.3. The van der Waals surface area contributed by atoms with Gasteiger partial charge in [0.1, 0.15) is 0 Å². The first-order valence-electron chi connectivity index (χ1n) is 10.2. The third-order valence-electron chi connectivity index (χ3n) is 4.95. The van der Waals surface area contributed by atoms with Gasteiger partial charge in [0, 0.05) is 50.0 Å². The van der Waals surface area contributed by atoms with Gasteiger partial charge in [-0.15, -0.1) is 0 Å². The summed E-state index contributed by atoms with van der Waals surface area (Å²) in [6.07, 6.45) is 2.34. The lowest BCUT2D eigenvalue weighted by atomic mass is 9.95. The number of amides is 3. The van der Waals surface area contributed by atoms with Gasteiger partial charge in [-0.25, -0.2) is 0 Å². The van der Waals surface area contributed by atoms with Gasteiger partial charge in [0.25, 0.3) is 5.91 Å². The molecule has 1 aliphatic rings. The maximum absolute atomic E-state index is 13.0.